The van der Waals surface area contributed by atoms with Gasteiger partial charge in [0.2, 0.25) is 0 Å². The molecule has 0 aromatic heterocycles. The van der Waals surface area contributed by atoms with Gasteiger partial charge in [0.05, 0.1) is 0 Å². The van der Waals surface area contributed by atoms with E-state index in [0.717, 1.165) is 12.4 Å². The van der Waals surface area contributed by atoms with Crippen molar-refractivity contribution in [3.05, 3.63) is 24.3 Å². The first-order valence-corrected chi connectivity index (χ1v) is 9.26. The van der Waals surface area contributed by atoms with Gasteiger partial charge in [-0.3, -0.25) is 0 Å². The van der Waals surface area contributed by atoms with Crippen LogP contribution in [0, 0.1) is 0 Å². The third kappa shape index (κ3) is 2.18. The molecule has 0 N–H and O–H groups in total. The van der Waals surface area contributed by atoms with Crippen LogP contribution in [-0.2, 0) is 0 Å². The van der Waals surface area contributed by atoms with Gasteiger partial charge < -0.3 is 0 Å². The Morgan fingerprint density at radius 1 is 1.23 bits per heavy atom. The zero-order valence-electron chi connectivity index (χ0n) is 7.95. The van der Waals surface area contributed by atoms with Crippen LogP contribution in [0.25, 0.3) is 0 Å². The van der Waals surface area contributed by atoms with Gasteiger partial charge in [-0.1, -0.05) is 0 Å². The number of hydrogen-bond donors (Lipinski definition) is 0. The third-order valence-corrected chi connectivity index (χ3v) is 9.39. The fourth-order valence-electron chi connectivity index (χ4n) is 1.42. The molecule has 0 atom stereocenters. The molecule has 0 radical (unpaired) electrons. The van der Waals surface area contributed by atoms with E-state index in [2.05, 4.69) is 24.3 Å². The first-order chi connectivity index (χ1) is 6.40. The van der Waals surface area contributed by atoms with Crippen molar-refractivity contribution in [3.63, 3.8) is 0 Å². The van der Waals surface area contributed by atoms with Crippen LogP contribution in [0.2, 0.25) is 8.94 Å². The second-order valence-corrected chi connectivity index (χ2v) is 9.65. The minimum absolute atomic E-state index is 0.743. The van der Waals surface area contributed by atoms with Gasteiger partial charge in [0, 0.05) is 0 Å². The average molecular weight is 291 g/mol. The summed E-state index contributed by atoms with van der Waals surface area (Å²) in [6, 6.07) is 8.80. The van der Waals surface area contributed by atoms with E-state index in [-0.39, 0.29) is 0 Å². The molecule has 1 aromatic rings. The first kappa shape index (κ1) is 9.37. The number of hydrogen-bond acceptors (Lipinski definition) is 1. The van der Waals surface area contributed by atoms with Crippen molar-refractivity contribution in [2.45, 2.75) is 22.3 Å². The van der Waals surface area contributed by atoms with Crippen LogP contribution in [-0.4, -0.2) is 26.2 Å². The van der Waals surface area contributed by atoms with Gasteiger partial charge in [0.15, 0.2) is 0 Å². The Hall–Kier alpha value is -0.190. The van der Waals surface area contributed by atoms with E-state index in [1.165, 1.54) is 15.4 Å². The first-order valence-electron chi connectivity index (χ1n) is 4.80. The van der Waals surface area contributed by atoms with Gasteiger partial charge in [-0.25, -0.2) is 0 Å². The molecule has 2 rings (SSSR count). The molecule has 70 valence electrons. The van der Waals surface area contributed by atoms with Gasteiger partial charge in [-0.05, 0) is 0 Å². The van der Waals surface area contributed by atoms with E-state index in [4.69, 9.17) is 4.74 Å². The van der Waals surface area contributed by atoms with Crippen molar-refractivity contribution in [1.29, 1.82) is 0 Å². The van der Waals surface area contributed by atoms with E-state index in [1.807, 2.05) is 6.92 Å². The molecule has 0 aliphatic carbocycles. The van der Waals surface area contributed by atoms with Crippen molar-refractivity contribution >= 4 is 23.2 Å². The Balaban J connectivity index is 2.04. The number of ether oxygens (including phenoxy) is 1. The normalized spacial score (nSPS) is 16.7. The van der Waals surface area contributed by atoms with Crippen molar-refractivity contribution in [2.75, 3.05) is 6.61 Å². The average Bonchev–Trinajstić information content (AvgIpc) is 2.06. The molecule has 0 amide bonds. The molecule has 13 heavy (non-hydrogen) atoms. The molecule has 1 aliphatic heterocycles. The Labute approximate surface area is 86.7 Å². The molecule has 1 aliphatic rings. The van der Waals surface area contributed by atoms with Gasteiger partial charge in [0.25, 0.3) is 0 Å². The molecular weight excluding hydrogens is 276 g/mol. The van der Waals surface area contributed by atoms with Crippen LogP contribution >= 0.6 is 0 Å². The van der Waals surface area contributed by atoms with E-state index in [1.54, 1.807) is 3.61 Å². The molecule has 0 unspecified atom stereocenters. The summed E-state index contributed by atoms with van der Waals surface area (Å²) in [5.74, 6) is 1.02. The quantitative estimate of drug-likeness (QED) is 0.776. The Kier molecular flexibility index (Phi) is 3.14. The Bertz CT molecular complexity index is 264. The Morgan fingerprint density at radius 3 is 2.38 bits per heavy atom. The number of rotatable bonds is 3. The zero-order chi connectivity index (χ0) is 9.10. The van der Waals surface area contributed by atoms with Crippen molar-refractivity contribution in [3.8, 4) is 5.75 Å². The summed E-state index contributed by atoms with van der Waals surface area (Å²) >= 11 is -0.743. The van der Waals surface area contributed by atoms with E-state index in [0.29, 0.717) is 0 Å². The van der Waals surface area contributed by atoms with Crippen molar-refractivity contribution in [2.24, 2.45) is 0 Å². The SMILES string of the molecule is CCOc1ccc([Te+]2CCC2)cc1. The van der Waals surface area contributed by atoms with Crippen LogP contribution in [0.3, 0.4) is 0 Å². The summed E-state index contributed by atoms with van der Waals surface area (Å²) in [4.78, 5) is 0. The topological polar surface area (TPSA) is 9.23 Å². The summed E-state index contributed by atoms with van der Waals surface area (Å²) in [7, 11) is 0. The second kappa shape index (κ2) is 4.35. The third-order valence-electron chi connectivity index (χ3n) is 2.25. The molecule has 1 saturated heterocycles. The molecular formula is C11H15OTe+. The number of benzene rings is 1. The van der Waals surface area contributed by atoms with Gasteiger partial charge >= 0.3 is 86.8 Å². The zero-order valence-corrected chi connectivity index (χ0v) is 10.3. The van der Waals surface area contributed by atoms with E-state index < -0.39 is 19.6 Å². The molecule has 2 heteroatoms. The molecule has 0 bridgehead atoms. The molecule has 1 nitrogen and oxygen atoms in total. The maximum atomic E-state index is 5.41. The van der Waals surface area contributed by atoms with Gasteiger partial charge in [-0.15, -0.1) is 0 Å². The summed E-state index contributed by atoms with van der Waals surface area (Å²) in [6.07, 6.45) is 1.48. The Morgan fingerprint density at radius 2 is 1.92 bits per heavy atom. The molecule has 1 fully saturated rings. The molecule has 0 saturated carbocycles. The summed E-state index contributed by atoms with van der Waals surface area (Å²) in [6.45, 7) is 2.79. The summed E-state index contributed by atoms with van der Waals surface area (Å²) in [5, 5.41) is 0. The monoisotopic (exact) mass is 293 g/mol. The van der Waals surface area contributed by atoms with Crippen molar-refractivity contribution in [1.82, 2.24) is 0 Å². The molecule has 1 aromatic carbocycles. The standard InChI is InChI=1S/C11H15OTe/c1-2-12-10-4-6-11(7-5-10)13-8-3-9-13/h4-7H,2-3,8-9H2,1H3/q+1. The predicted molar refractivity (Wildman–Crippen MR) is 57.2 cm³/mol. The fraction of sp³-hybridized carbons (Fsp3) is 0.455. The van der Waals surface area contributed by atoms with E-state index >= 15 is 0 Å². The van der Waals surface area contributed by atoms with Crippen LogP contribution < -0.4 is 8.35 Å². The van der Waals surface area contributed by atoms with Crippen LogP contribution in [0.15, 0.2) is 24.3 Å². The molecule has 1 heterocycles. The van der Waals surface area contributed by atoms with Crippen molar-refractivity contribution < 1.29 is 4.74 Å². The minimum atomic E-state index is -0.743. The fourth-order valence-corrected chi connectivity index (χ4v) is 5.90. The van der Waals surface area contributed by atoms with Gasteiger partial charge in [-0.2, -0.15) is 0 Å². The second-order valence-electron chi connectivity index (χ2n) is 3.16. The maximum absolute atomic E-state index is 5.41. The van der Waals surface area contributed by atoms with Crippen LogP contribution in [0.5, 0.6) is 5.75 Å². The molecule has 0 spiro atoms. The van der Waals surface area contributed by atoms with Crippen LogP contribution in [0.1, 0.15) is 13.3 Å². The predicted octanol–water partition coefficient (Wildman–Crippen LogP) is 2.19. The van der Waals surface area contributed by atoms with E-state index in [9.17, 15) is 0 Å². The summed E-state index contributed by atoms with van der Waals surface area (Å²) < 4.78 is 10.1. The summed E-state index contributed by atoms with van der Waals surface area (Å²) in [5.41, 5.74) is 0. The van der Waals surface area contributed by atoms with Gasteiger partial charge in [0.1, 0.15) is 0 Å². The van der Waals surface area contributed by atoms with Crippen LogP contribution in [0.4, 0.5) is 0 Å².